The van der Waals surface area contributed by atoms with E-state index in [1.807, 2.05) is 0 Å². The number of allylic oxidation sites excluding steroid dienone is 5. The number of benzene rings is 10. The molecule has 2 atom stereocenters. The van der Waals surface area contributed by atoms with Crippen molar-refractivity contribution in [2.45, 2.75) is 25.7 Å². The minimum Gasteiger partial charge on any atom is -0.292 e. The Labute approximate surface area is 422 Å². The molecule has 0 saturated carbocycles. The monoisotopic (exact) mass is 920 g/mol. The topological polar surface area (TPSA) is 17.8 Å². The number of hydrogen-bond donors (Lipinski definition) is 0. The van der Waals surface area contributed by atoms with Crippen LogP contribution in [0.5, 0.6) is 0 Å². The van der Waals surface area contributed by atoms with Gasteiger partial charge in [-0.2, -0.15) is 0 Å². The molecule has 1 aromatic heterocycles. The van der Waals surface area contributed by atoms with E-state index >= 15 is 0 Å². The average molecular weight is 921 g/mol. The summed E-state index contributed by atoms with van der Waals surface area (Å²) in [6.45, 7) is 2.43. The molecule has 1 heterocycles. The van der Waals surface area contributed by atoms with Crippen molar-refractivity contribution in [1.82, 2.24) is 9.55 Å². The summed E-state index contributed by atoms with van der Waals surface area (Å²) < 4.78 is 2.29. The Morgan fingerprint density at radius 1 is 0.431 bits per heavy atom. The van der Waals surface area contributed by atoms with E-state index in [4.69, 9.17) is 4.98 Å². The molecule has 10 aromatic carbocycles. The van der Waals surface area contributed by atoms with Crippen LogP contribution in [0.3, 0.4) is 0 Å². The number of hydrogen-bond acceptors (Lipinski definition) is 1. The van der Waals surface area contributed by atoms with Crippen LogP contribution in [0.1, 0.15) is 52.6 Å². The molecule has 0 saturated heterocycles. The maximum atomic E-state index is 5.22. The van der Waals surface area contributed by atoms with Crippen molar-refractivity contribution in [3.8, 4) is 50.5 Å². The first-order chi connectivity index (χ1) is 35.6. The van der Waals surface area contributed by atoms with Crippen molar-refractivity contribution in [2.75, 3.05) is 0 Å². The average Bonchev–Trinajstić information content (AvgIpc) is 3.85. The molecule has 2 aliphatic rings. The standard InChI is InChI=1S/C70H52N2/c1-47-39-64-65(46-63(47)52-35-37-53(38-36-52)70-71-66-33-19-20-34-67(66)72(70)60-29-15-6-16-30-60)69(59-44-56(50-25-11-4-12-26-50)41-57(45-59)51-27-13-5-14-28-51)62-32-18-17-31-61(62)68(64)58-42-54(48-21-7-2-8-22-48)40-55(43-58)49-23-9-3-10-24-49/h2-38,40-42,44-47,55H,39,43H2,1H3. The van der Waals surface area contributed by atoms with E-state index in [0.717, 1.165) is 41.0 Å². The fourth-order valence-corrected chi connectivity index (χ4v) is 11.6. The van der Waals surface area contributed by atoms with E-state index in [0.29, 0.717) is 0 Å². The Balaban J connectivity index is 1.04. The van der Waals surface area contributed by atoms with Gasteiger partial charge in [-0.1, -0.05) is 219 Å². The maximum Gasteiger partial charge on any atom is 0.145 e. The fourth-order valence-electron chi connectivity index (χ4n) is 11.6. The van der Waals surface area contributed by atoms with E-state index < -0.39 is 0 Å². The number of rotatable bonds is 9. The molecule has 342 valence electrons. The first kappa shape index (κ1) is 43.2. The van der Waals surface area contributed by atoms with Crippen LogP contribution < -0.4 is 0 Å². The van der Waals surface area contributed by atoms with Crippen LogP contribution in [0.15, 0.2) is 255 Å². The van der Waals surface area contributed by atoms with Gasteiger partial charge in [0.15, 0.2) is 0 Å². The minimum absolute atomic E-state index is 0.229. The molecule has 72 heavy (non-hydrogen) atoms. The van der Waals surface area contributed by atoms with Crippen LogP contribution in [0.25, 0.3) is 95.1 Å². The summed E-state index contributed by atoms with van der Waals surface area (Å²) in [5, 5.41) is 2.57. The first-order valence-electron chi connectivity index (χ1n) is 25.3. The summed E-state index contributed by atoms with van der Waals surface area (Å²) in [4.78, 5) is 5.22. The molecule has 2 nitrogen and oxygen atoms in total. The number of aromatic nitrogens is 2. The van der Waals surface area contributed by atoms with Crippen LogP contribution in [0.2, 0.25) is 0 Å². The van der Waals surface area contributed by atoms with Crippen LogP contribution >= 0.6 is 0 Å². The predicted molar refractivity (Wildman–Crippen MR) is 304 cm³/mol. The molecule has 13 rings (SSSR count). The largest absolute Gasteiger partial charge is 0.292 e. The summed E-state index contributed by atoms with van der Waals surface area (Å²) in [5.74, 6) is 1.42. The molecule has 0 radical (unpaired) electrons. The number of nitrogens with zero attached hydrogens (tertiary/aromatic N) is 2. The van der Waals surface area contributed by atoms with Gasteiger partial charge in [-0.05, 0) is 162 Å². The van der Waals surface area contributed by atoms with Crippen molar-refractivity contribution in [3.63, 3.8) is 0 Å². The first-order valence-corrected chi connectivity index (χ1v) is 25.3. The van der Waals surface area contributed by atoms with Gasteiger partial charge in [-0.15, -0.1) is 0 Å². The molecular formula is C70H52N2. The molecule has 2 aliphatic carbocycles. The molecule has 0 amide bonds. The van der Waals surface area contributed by atoms with Gasteiger partial charge >= 0.3 is 0 Å². The highest BCUT2D eigenvalue weighted by atomic mass is 15.1. The third kappa shape index (κ3) is 7.92. The number of fused-ring (bicyclic) bond motifs is 3. The van der Waals surface area contributed by atoms with Crippen LogP contribution in [-0.4, -0.2) is 9.55 Å². The lowest BCUT2D eigenvalue weighted by Gasteiger charge is -2.32. The zero-order chi connectivity index (χ0) is 48.0. The summed E-state index contributed by atoms with van der Waals surface area (Å²) >= 11 is 0. The molecule has 0 bridgehead atoms. The van der Waals surface area contributed by atoms with E-state index in [2.05, 4.69) is 272 Å². The highest BCUT2D eigenvalue weighted by molar-refractivity contribution is 6.11. The molecule has 0 N–H and O–H groups in total. The molecule has 0 aliphatic heterocycles. The highest BCUT2D eigenvalue weighted by Crippen LogP contribution is 2.51. The molecule has 11 aromatic rings. The Bertz CT molecular complexity index is 3820. The van der Waals surface area contributed by atoms with E-state index in [1.54, 1.807) is 0 Å². The lowest BCUT2D eigenvalue weighted by Crippen LogP contribution is -2.15. The van der Waals surface area contributed by atoms with Gasteiger partial charge in [-0.25, -0.2) is 4.98 Å². The van der Waals surface area contributed by atoms with Gasteiger partial charge in [0.05, 0.1) is 11.0 Å². The molecule has 2 heteroatoms. The highest BCUT2D eigenvalue weighted by Gasteiger charge is 2.31. The third-order valence-corrected chi connectivity index (χ3v) is 15.0. The zero-order valence-electron chi connectivity index (χ0n) is 40.3. The predicted octanol–water partition coefficient (Wildman–Crippen LogP) is 18.2. The van der Waals surface area contributed by atoms with Gasteiger partial charge in [0, 0.05) is 17.2 Å². The molecular weight excluding hydrogens is 869 g/mol. The second kappa shape index (κ2) is 18.5. The van der Waals surface area contributed by atoms with Gasteiger partial charge in [0.25, 0.3) is 0 Å². The zero-order valence-corrected chi connectivity index (χ0v) is 40.3. The van der Waals surface area contributed by atoms with Crippen molar-refractivity contribution in [3.05, 3.63) is 288 Å². The normalized spacial score (nSPS) is 15.4. The van der Waals surface area contributed by atoms with Gasteiger partial charge < -0.3 is 0 Å². The van der Waals surface area contributed by atoms with Crippen molar-refractivity contribution >= 4 is 44.6 Å². The second-order valence-electron chi connectivity index (χ2n) is 19.5. The Hall–Kier alpha value is -8.85. The van der Waals surface area contributed by atoms with Crippen molar-refractivity contribution in [1.29, 1.82) is 0 Å². The van der Waals surface area contributed by atoms with Gasteiger partial charge in [0.1, 0.15) is 5.82 Å². The van der Waals surface area contributed by atoms with E-state index in [9.17, 15) is 0 Å². The minimum atomic E-state index is 0.229. The van der Waals surface area contributed by atoms with E-state index in [1.165, 1.54) is 94.3 Å². The summed E-state index contributed by atoms with van der Waals surface area (Å²) in [6, 6.07) is 88.5. The fraction of sp³-hybridized carbons (Fsp3) is 0.0714. The smallest absolute Gasteiger partial charge is 0.145 e. The van der Waals surface area contributed by atoms with Crippen LogP contribution in [0.4, 0.5) is 0 Å². The molecule has 0 fully saturated rings. The summed E-state index contributed by atoms with van der Waals surface area (Å²) in [7, 11) is 0. The maximum absolute atomic E-state index is 5.22. The Morgan fingerprint density at radius 2 is 0.958 bits per heavy atom. The third-order valence-electron chi connectivity index (χ3n) is 15.0. The van der Waals surface area contributed by atoms with Crippen LogP contribution in [-0.2, 0) is 6.42 Å². The van der Waals surface area contributed by atoms with Crippen molar-refractivity contribution < 1.29 is 0 Å². The SMILES string of the molecule is CC1Cc2c(c(-c3cc(-c4ccccc4)cc(-c4ccccc4)c3)c3ccccc3c2C2=CC(c3ccccc3)=CC(c3ccccc3)C2)C=C1c1ccc(-c2nc3ccccc3n2-c2ccccc2)cc1. The summed E-state index contributed by atoms with van der Waals surface area (Å²) in [5.41, 5.74) is 23.5. The van der Waals surface area contributed by atoms with Gasteiger partial charge in [0.2, 0.25) is 0 Å². The van der Waals surface area contributed by atoms with Crippen molar-refractivity contribution in [2.24, 2.45) is 5.92 Å². The van der Waals surface area contributed by atoms with E-state index in [-0.39, 0.29) is 11.8 Å². The Kier molecular flexibility index (Phi) is 11.1. The van der Waals surface area contributed by atoms with Crippen LogP contribution in [0, 0.1) is 5.92 Å². The lowest BCUT2D eigenvalue weighted by molar-refractivity contribution is 0.736. The second-order valence-corrected chi connectivity index (χ2v) is 19.5. The molecule has 0 spiro atoms. The van der Waals surface area contributed by atoms with Gasteiger partial charge in [-0.3, -0.25) is 4.57 Å². The number of imidazole rings is 1. The molecule has 2 unspecified atom stereocenters. The quantitative estimate of drug-likeness (QED) is 0.141. The number of para-hydroxylation sites is 3. The lowest BCUT2D eigenvalue weighted by atomic mass is 9.72. The summed E-state index contributed by atoms with van der Waals surface area (Å²) in [6.07, 6.45) is 9.38. The Morgan fingerprint density at radius 3 is 1.61 bits per heavy atom.